The number of nitrogens with one attached hydrogen (secondary N) is 1. The highest BCUT2D eigenvalue weighted by Gasteiger charge is 2.38. The van der Waals surface area contributed by atoms with Gasteiger partial charge < -0.3 is 5.32 Å². The maximum atomic E-state index is 13.9. The average molecular weight is 410 g/mol. The molecule has 4 rings (SSSR count). The standard InChI is InChI=1S/C25H32FN3O/c26-23-11-5-4-8-21(23)18-28-14-7-15-29(17-16-28)19-24(30)27-20-25(12-6-13-25)22-9-2-1-3-10-22/h1-5,8-11H,6-7,12-20H2,(H,27,30). The molecule has 2 fully saturated rings. The Labute approximate surface area is 179 Å². The fourth-order valence-electron chi connectivity index (χ4n) is 4.70. The molecule has 1 amide bonds. The quantitative estimate of drug-likeness (QED) is 0.759. The molecule has 1 aliphatic carbocycles. The van der Waals surface area contributed by atoms with Gasteiger partial charge in [0.2, 0.25) is 5.91 Å². The van der Waals surface area contributed by atoms with Crippen molar-refractivity contribution in [2.75, 3.05) is 39.3 Å². The largest absolute Gasteiger partial charge is 0.354 e. The second-order valence-corrected chi connectivity index (χ2v) is 8.77. The van der Waals surface area contributed by atoms with Crippen molar-refractivity contribution in [2.45, 2.75) is 37.6 Å². The van der Waals surface area contributed by atoms with Gasteiger partial charge in [0.1, 0.15) is 5.82 Å². The molecule has 0 bridgehead atoms. The fourth-order valence-corrected chi connectivity index (χ4v) is 4.70. The predicted molar refractivity (Wildman–Crippen MR) is 118 cm³/mol. The Balaban J connectivity index is 1.25. The van der Waals surface area contributed by atoms with Gasteiger partial charge in [-0.3, -0.25) is 14.6 Å². The van der Waals surface area contributed by atoms with Crippen molar-refractivity contribution < 1.29 is 9.18 Å². The molecule has 1 N–H and O–H groups in total. The average Bonchev–Trinajstić information content (AvgIpc) is 2.95. The van der Waals surface area contributed by atoms with Crippen LogP contribution in [0.5, 0.6) is 0 Å². The molecule has 1 saturated carbocycles. The summed E-state index contributed by atoms with van der Waals surface area (Å²) >= 11 is 0. The number of rotatable bonds is 7. The van der Waals surface area contributed by atoms with Crippen molar-refractivity contribution in [3.63, 3.8) is 0 Å². The second kappa shape index (κ2) is 9.71. The lowest BCUT2D eigenvalue weighted by Crippen LogP contribution is -2.48. The van der Waals surface area contributed by atoms with Gasteiger partial charge in [0.15, 0.2) is 0 Å². The van der Waals surface area contributed by atoms with Crippen molar-refractivity contribution in [1.82, 2.24) is 15.1 Å². The Hall–Kier alpha value is -2.24. The molecule has 2 aliphatic rings. The number of amides is 1. The molecule has 2 aromatic carbocycles. The van der Waals surface area contributed by atoms with E-state index in [-0.39, 0.29) is 17.1 Å². The Kier molecular flexibility index (Phi) is 6.80. The summed E-state index contributed by atoms with van der Waals surface area (Å²) in [5.41, 5.74) is 2.21. The van der Waals surface area contributed by atoms with Crippen molar-refractivity contribution >= 4 is 5.91 Å². The third-order valence-corrected chi connectivity index (χ3v) is 6.72. The van der Waals surface area contributed by atoms with Gasteiger partial charge in [-0.25, -0.2) is 4.39 Å². The van der Waals surface area contributed by atoms with Gasteiger partial charge in [0.25, 0.3) is 0 Å². The Bertz CT molecular complexity index is 837. The van der Waals surface area contributed by atoms with Crippen LogP contribution in [0.25, 0.3) is 0 Å². The van der Waals surface area contributed by atoms with E-state index in [0.29, 0.717) is 13.1 Å². The third kappa shape index (κ3) is 5.08. The van der Waals surface area contributed by atoms with Gasteiger partial charge in [0, 0.05) is 37.2 Å². The molecule has 160 valence electrons. The van der Waals surface area contributed by atoms with Crippen LogP contribution in [0, 0.1) is 5.82 Å². The van der Waals surface area contributed by atoms with E-state index in [2.05, 4.69) is 39.4 Å². The molecule has 1 aliphatic heterocycles. The Morgan fingerprint density at radius 1 is 0.900 bits per heavy atom. The minimum Gasteiger partial charge on any atom is -0.354 e. The van der Waals surface area contributed by atoms with Gasteiger partial charge in [-0.15, -0.1) is 0 Å². The summed E-state index contributed by atoms with van der Waals surface area (Å²) < 4.78 is 13.9. The van der Waals surface area contributed by atoms with E-state index < -0.39 is 0 Å². The molecule has 1 heterocycles. The highest BCUT2D eigenvalue weighted by Crippen LogP contribution is 2.43. The SMILES string of the molecule is O=C(CN1CCCN(Cc2ccccc2F)CC1)NCC1(c2ccccc2)CCC1. The van der Waals surface area contributed by atoms with Crippen molar-refractivity contribution in [2.24, 2.45) is 0 Å². The molecule has 5 heteroatoms. The first-order valence-corrected chi connectivity index (χ1v) is 11.1. The highest BCUT2D eigenvalue weighted by molar-refractivity contribution is 5.78. The van der Waals surface area contributed by atoms with Crippen LogP contribution in [0.1, 0.15) is 36.8 Å². The number of halogens is 1. The monoisotopic (exact) mass is 409 g/mol. The number of hydrogen-bond donors (Lipinski definition) is 1. The Morgan fingerprint density at radius 2 is 1.60 bits per heavy atom. The summed E-state index contributed by atoms with van der Waals surface area (Å²) in [7, 11) is 0. The molecule has 1 saturated heterocycles. The maximum absolute atomic E-state index is 13.9. The lowest BCUT2D eigenvalue weighted by molar-refractivity contribution is -0.122. The fraction of sp³-hybridized carbons (Fsp3) is 0.480. The zero-order valence-corrected chi connectivity index (χ0v) is 17.7. The van der Waals surface area contributed by atoms with E-state index in [4.69, 9.17) is 0 Å². The maximum Gasteiger partial charge on any atom is 0.234 e. The van der Waals surface area contributed by atoms with Crippen LogP contribution in [-0.4, -0.2) is 55.0 Å². The van der Waals surface area contributed by atoms with E-state index in [1.807, 2.05) is 18.2 Å². The highest BCUT2D eigenvalue weighted by atomic mass is 19.1. The first-order valence-electron chi connectivity index (χ1n) is 11.1. The molecule has 0 aromatic heterocycles. The number of hydrogen-bond acceptors (Lipinski definition) is 3. The van der Waals surface area contributed by atoms with Gasteiger partial charge in [-0.2, -0.15) is 0 Å². The van der Waals surface area contributed by atoms with Crippen LogP contribution in [0.2, 0.25) is 0 Å². The zero-order valence-electron chi connectivity index (χ0n) is 17.7. The molecule has 30 heavy (non-hydrogen) atoms. The summed E-state index contributed by atoms with van der Waals surface area (Å²) in [5, 5.41) is 3.21. The van der Waals surface area contributed by atoms with Crippen LogP contribution in [0.15, 0.2) is 54.6 Å². The molecular weight excluding hydrogens is 377 g/mol. The summed E-state index contributed by atoms with van der Waals surface area (Å²) in [6, 6.07) is 17.6. The zero-order chi connectivity index (χ0) is 20.8. The summed E-state index contributed by atoms with van der Waals surface area (Å²) in [5.74, 6) is -0.0268. The van der Waals surface area contributed by atoms with E-state index in [0.717, 1.165) is 57.5 Å². The van der Waals surface area contributed by atoms with Crippen molar-refractivity contribution in [3.05, 3.63) is 71.5 Å². The van der Waals surface area contributed by atoms with Crippen molar-refractivity contribution in [1.29, 1.82) is 0 Å². The molecule has 0 unspecified atom stereocenters. The van der Waals surface area contributed by atoms with Crippen molar-refractivity contribution in [3.8, 4) is 0 Å². The number of carbonyl (C=O) groups is 1. The third-order valence-electron chi connectivity index (χ3n) is 6.72. The van der Waals surface area contributed by atoms with Crippen LogP contribution < -0.4 is 5.32 Å². The topological polar surface area (TPSA) is 35.6 Å². The molecular formula is C25H32FN3O. The molecule has 0 spiro atoms. The van der Waals surface area contributed by atoms with Crippen LogP contribution in [-0.2, 0) is 16.8 Å². The van der Waals surface area contributed by atoms with E-state index in [1.165, 1.54) is 18.1 Å². The van der Waals surface area contributed by atoms with E-state index >= 15 is 0 Å². The Morgan fingerprint density at radius 3 is 2.33 bits per heavy atom. The predicted octanol–water partition coefficient (Wildman–Crippen LogP) is 3.57. The first kappa shape index (κ1) is 21.0. The van der Waals surface area contributed by atoms with Gasteiger partial charge in [0.05, 0.1) is 6.54 Å². The first-order chi connectivity index (χ1) is 14.6. The van der Waals surface area contributed by atoms with Gasteiger partial charge in [-0.1, -0.05) is 55.0 Å². The molecule has 4 nitrogen and oxygen atoms in total. The van der Waals surface area contributed by atoms with Gasteiger partial charge in [-0.05, 0) is 44.0 Å². The van der Waals surface area contributed by atoms with Gasteiger partial charge >= 0.3 is 0 Å². The minimum absolute atomic E-state index is 0.111. The normalized spacial score (nSPS) is 19.6. The van der Waals surface area contributed by atoms with E-state index in [1.54, 1.807) is 6.07 Å². The smallest absolute Gasteiger partial charge is 0.234 e. The number of nitrogens with zero attached hydrogens (tertiary/aromatic N) is 2. The van der Waals surface area contributed by atoms with E-state index in [9.17, 15) is 9.18 Å². The van der Waals surface area contributed by atoms with Crippen LogP contribution in [0.3, 0.4) is 0 Å². The lowest BCUT2D eigenvalue weighted by atomic mass is 9.64. The molecule has 0 atom stereocenters. The number of carbonyl (C=O) groups excluding carboxylic acids is 1. The molecule has 0 radical (unpaired) electrons. The molecule has 2 aromatic rings. The minimum atomic E-state index is -0.138. The van der Waals surface area contributed by atoms with Crippen LogP contribution in [0.4, 0.5) is 4.39 Å². The summed E-state index contributed by atoms with van der Waals surface area (Å²) in [6.07, 6.45) is 4.52. The summed E-state index contributed by atoms with van der Waals surface area (Å²) in [4.78, 5) is 17.2. The second-order valence-electron chi connectivity index (χ2n) is 8.77. The number of benzene rings is 2. The summed E-state index contributed by atoms with van der Waals surface area (Å²) in [6.45, 7) is 5.34. The lowest BCUT2D eigenvalue weighted by Gasteiger charge is -2.42. The van der Waals surface area contributed by atoms with Crippen LogP contribution >= 0.6 is 0 Å².